The van der Waals surface area contributed by atoms with Crippen LogP contribution < -0.4 is 25.8 Å². The van der Waals surface area contributed by atoms with Crippen LogP contribution in [0.3, 0.4) is 0 Å². The number of ether oxygens (including phenoxy) is 2. The highest BCUT2D eigenvalue weighted by Crippen LogP contribution is 2.32. The minimum atomic E-state index is -0.182. The second-order valence-corrected chi connectivity index (χ2v) is 8.93. The number of morpholine rings is 2. The molecule has 4 rings (SSSR count). The maximum atomic E-state index is 12.7. The minimum Gasteiger partial charge on any atom is -0.378 e. The molecule has 0 bridgehead atoms. The van der Waals surface area contributed by atoms with Gasteiger partial charge in [0.15, 0.2) is 0 Å². The fourth-order valence-corrected chi connectivity index (χ4v) is 4.70. The summed E-state index contributed by atoms with van der Waals surface area (Å²) < 4.78 is 11.0. The fourth-order valence-electron chi connectivity index (χ4n) is 4.70. The first-order valence-corrected chi connectivity index (χ1v) is 12.3. The van der Waals surface area contributed by atoms with Crippen molar-refractivity contribution < 1.29 is 19.1 Å². The number of rotatable bonds is 7. The number of carbonyl (C=O) groups is 2. The van der Waals surface area contributed by atoms with E-state index in [0.29, 0.717) is 19.8 Å². The summed E-state index contributed by atoms with van der Waals surface area (Å²) in [5.74, 6) is -0.110. The molecule has 0 aromatic heterocycles. The van der Waals surface area contributed by atoms with Crippen LogP contribution in [0, 0.1) is 0 Å². The molecule has 0 spiro atoms. The average Bonchev–Trinajstić information content (AvgIpc) is 2.86. The van der Waals surface area contributed by atoms with Gasteiger partial charge in [-0.15, -0.1) is 0 Å². The predicted octanol–water partition coefficient (Wildman–Crippen LogP) is 2.32. The van der Waals surface area contributed by atoms with Gasteiger partial charge in [0, 0.05) is 50.9 Å². The number of benzene rings is 1. The lowest BCUT2D eigenvalue weighted by molar-refractivity contribution is -0.116. The Hall–Kier alpha value is -2.52. The maximum absolute atomic E-state index is 12.7. The molecular weight excluding hydrogens is 422 g/mol. The Balaban J connectivity index is 1.32. The van der Waals surface area contributed by atoms with E-state index in [1.165, 1.54) is 19.3 Å². The summed E-state index contributed by atoms with van der Waals surface area (Å²) in [4.78, 5) is 29.3. The smallest absolute Gasteiger partial charge is 0.315 e. The van der Waals surface area contributed by atoms with Crippen molar-refractivity contribution in [2.45, 2.75) is 44.6 Å². The molecule has 3 amide bonds. The Labute approximate surface area is 196 Å². The van der Waals surface area contributed by atoms with Gasteiger partial charge in [0.05, 0.1) is 37.8 Å². The summed E-state index contributed by atoms with van der Waals surface area (Å²) in [6.07, 6.45) is 5.90. The van der Waals surface area contributed by atoms with E-state index in [1.807, 2.05) is 6.07 Å². The Morgan fingerprint density at radius 2 is 1.58 bits per heavy atom. The van der Waals surface area contributed by atoms with Gasteiger partial charge in [-0.3, -0.25) is 4.79 Å². The van der Waals surface area contributed by atoms with Gasteiger partial charge < -0.3 is 35.2 Å². The first kappa shape index (κ1) is 23.6. The van der Waals surface area contributed by atoms with Crippen molar-refractivity contribution in [1.29, 1.82) is 0 Å². The van der Waals surface area contributed by atoms with Gasteiger partial charge in [-0.25, -0.2) is 4.79 Å². The van der Waals surface area contributed by atoms with E-state index in [2.05, 4.69) is 37.9 Å². The molecule has 1 aromatic rings. The summed E-state index contributed by atoms with van der Waals surface area (Å²) in [5.41, 5.74) is 2.95. The molecule has 0 radical (unpaired) electrons. The molecule has 182 valence electrons. The van der Waals surface area contributed by atoms with E-state index in [4.69, 9.17) is 9.47 Å². The molecule has 2 saturated heterocycles. The Bertz CT molecular complexity index is 787. The third-order valence-electron chi connectivity index (χ3n) is 6.56. The Kier molecular flexibility index (Phi) is 8.65. The molecule has 1 saturated carbocycles. The van der Waals surface area contributed by atoms with Gasteiger partial charge in [0.1, 0.15) is 0 Å². The van der Waals surface area contributed by atoms with E-state index < -0.39 is 0 Å². The minimum absolute atomic E-state index is 0.110. The van der Waals surface area contributed by atoms with Crippen LogP contribution in [0.1, 0.15) is 38.5 Å². The SMILES string of the molecule is O=C(CCNC(=O)NC1CCCCC1)Nc1ccc(N2CCOCC2)cc1N1CCOCC1. The van der Waals surface area contributed by atoms with E-state index in [9.17, 15) is 9.59 Å². The number of nitrogens with one attached hydrogen (secondary N) is 3. The van der Waals surface area contributed by atoms with Crippen molar-refractivity contribution in [3.63, 3.8) is 0 Å². The number of hydrogen-bond acceptors (Lipinski definition) is 6. The lowest BCUT2D eigenvalue weighted by atomic mass is 9.96. The summed E-state index contributed by atoms with van der Waals surface area (Å²) >= 11 is 0. The largest absolute Gasteiger partial charge is 0.378 e. The first-order chi connectivity index (χ1) is 16.2. The van der Waals surface area contributed by atoms with Crippen molar-refractivity contribution in [2.24, 2.45) is 0 Å². The molecule has 0 unspecified atom stereocenters. The quantitative estimate of drug-likeness (QED) is 0.579. The van der Waals surface area contributed by atoms with Crippen LogP contribution in [0.2, 0.25) is 0 Å². The van der Waals surface area contributed by atoms with Gasteiger partial charge >= 0.3 is 6.03 Å². The van der Waals surface area contributed by atoms with Crippen LogP contribution in [0.25, 0.3) is 0 Å². The second kappa shape index (κ2) is 12.1. The normalized spacial score (nSPS) is 19.8. The summed E-state index contributed by atoms with van der Waals surface area (Å²) in [6, 6.07) is 6.27. The van der Waals surface area contributed by atoms with E-state index in [1.54, 1.807) is 0 Å². The van der Waals surface area contributed by atoms with Gasteiger partial charge in [0.2, 0.25) is 5.91 Å². The van der Waals surface area contributed by atoms with Crippen molar-refractivity contribution in [2.75, 3.05) is 74.3 Å². The Morgan fingerprint density at radius 1 is 0.909 bits per heavy atom. The van der Waals surface area contributed by atoms with Crippen LogP contribution in [-0.2, 0) is 14.3 Å². The molecule has 3 fully saturated rings. The van der Waals surface area contributed by atoms with Gasteiger partial charge in [-0.1, -0.05) is 19.3 Å². The van der Waals surface area contributed by atoms with Crippen molar-refractivity contribution in [1.82, 2.24) is 10.6 Å². The van der Waals surface area contributed by atoms with Gasteiger partial charge in [0.25, 0.3) is 0 Å². The monoisotopic (exact) mass is 459 g/mol. The van der Waals surface area contributed by atoms with Crippen LogP contribution in [0.4, 0.5) is 21.9 Å². The average molecular weight is 460 g/mol. The van der Waals surface area contributed by atoms with E-state index >= 15 is 0 Å². The van der Waals surface area contributed by atoms with E-state index in [-0.39, 0.29) is 24.4 Å². The van der Waals surface area contributed by atoms with Gasteiger partial charge in [-0.2, -0.15) is 0 Å². The molecule has 2 aliphatic heterocycles. The third kappa shape index (κ3) is 6.98. The van der Waals surface area contributed by atoms with Crippen molar-refractivity contribution in [3.05, 3.63) is 18.2 Å². The third-order valence-corrected chi connectivity index (χ3v) is 6.56. The van der Waals surface area contributed by atoms with Crippen LogP contribution in [0.15, 0.2) is 18.2 Å². The zero-order valence-electron chi connectivity index (χ0n) is 19.4. The van der Waals surface area contributed by atoms with Gasteiger partial charge in [-0.05, 0) is 31.0 Å². The molecule has 3 N–H and O–H groups in total. The van der Waals surface area contributed by atoms with Crippen LogP contribution in [0.5, 0.6) is 0 Å². The molecule has 9 heteroatoms. The number of amides is 3. The molecule has 0 atom stereocenters. The topological polar surface area (TPSA) is 95.2 Å². The number of carbonyl (C=O) groups excluding carboxylic acids is 2. The van der Waals surface area contributed by atoms with Crippen LogP contribution >= 0.6 is 0 Å². The lowest BCUT2D eigenvalue weighted by Crippen LogP contribution is -2.43. The number of anilines is 3. The Morgan fingerprint density at radius 3 is 2.27 bits per heavy atom. The number of urea groups is 1. The fraction of sp³-hybridized carbons (Fsp3) is 0.667. The molecule has 1 aromatic carbocycles. The summed E-state index contributed by atoms with van der Waals surface area (Å²) in [7, 11) is 0. The molecule has 9 nitrogen and oxygen atoms in total. The maximum Gasteiger partial charge on any atom is 0.315 e. The zero-order chi connectivity index (χ0) is 22.9. The second-order valence-electron chi connectivity index (χ2n) is 8.93. The zero-order valence-corrected chi connectivity index (χ0v) is 19.4. The first-order valence-electron chi connectivity index (χ1n) is 12.3. The highest BCUT2D eigenvalue weighted by molar-refractivity contribution is 5.95. The van der Waals surface area contributed by atoms with Crippen molar-refractivity contribution in [3.8, 4) is 0 Å². The molecule has 33 heavy (non-hydrogen) atoms. The lowest BCUT2D eigenvalue weighted by Gasteiger charge is -2.33. The number of nitrogens with zero attached hydrogens (tertiary/aromatic N) is 2. The molecule has 1 aliphatic carbocycles. The summed E-state index contributed by atoms with van der Waals surface area (Å²) in [6.45, 7) is 6.43. The molecule has 3 aliphatic rings. The number of hydrogen-bond donors (Lipinski definition) is 3. The van der Waals surface area contributed by atoms with Crippen molar-refractivity contribution >= 4 is 29.0 Å². The molecular formula is C24H37N5O4. The standard InChI is InChI=1S/C24H37N5O4/c30-23(8-9-25-24(31)26-19-4-2-1-3-5-19)27-21-7-6-20(28-10-14-32-15-11-28)18-22(21)29-12-16-33-17-13-29/h6-7,18-19H,1-5,8-17H2,(H,27,30)(H2,25,26,31). The van der Waals surface area contributed by atoms with E-state index in [0.717, 1.165) is 69.3 Å². The predicted molar refractivity (Wildman–Crippen MR) is 129 cm³/mol. The van der Waals surface area contributed by atoms with Crippen LogP contribution in [-0.4, -0.2) is 77.1 Å². The molecule has 2 heterocycles. The highest BCUT2D eigenvalue weighted by atomic mass is 16.5. The summed E-state index contributed by atoms with van der Waals surface area (Å²) in [5, 5.41) is 8.90. The highest BCUT2D eigenvalue weighted by Gasteiger charge is 2.20.